The van der Waals surface area contributed by atoms with E-state index in [1.807, 2.05) is 25.6 Å². The zero-order chi connectivity index (χ0) is 11.7. The smallest absolute Gasteiger partial charge is 0.0264 e. The van der Waals surface area contributed by atoms with Gasteiger partial charge in [-0.2, -0.15) is 0 Å². The van der Waals surface area contributed by atoms with Crippen molar-refractivity contribution in [3.63, 3.8) is 0 Å². The van der Waals surface area contributed by atoms with E-state index in [-0.39, 0.29) is 0 Å². The van der Waals surface area contributed by atoms with Crippen LogP contribution in [0.4, 0.5) is 0 Å². The molecule has 0 spiro atoms. The van der Waals surface area contributed by atoms with Crippen LogP contribution in [-0.4, -0.2) is 5.25 Å². The predicted octanol–water partition coefficient (Wildman–Crippen LogP) is 5.27. The molecule has 0 aliphatic rings. The summed E-state index contributed by atoms with van der Waals surface area (Å²) in [4.78, 5) is 0. The summed E-state index contributed by atoms with van der Waals surface area (Å²) in [5, 5.41) is 2.79. The van der Waals surface area contributed by atoms with Gasteiger partial charge in [0.05, 0.1) is 0 Å². The summed E-state index contributed by atoms with van der Waals surface area (Å²) in [6.07, 6.45) is 0. The van der Waals surface area contributed by atoms with E-state index >= 15 is 0 Å². The molecule has 0 heterocycles. The van der Waals surface area contributed by atoms with Crippen molar-refractivity contribution in [1.82, 2.24) is 0 Å². The molecule has 0 N–H and O–H groups in total. The first kappa shape index (κ1) is 16.3. The Morgan fingerprint density at radius 2 is 1.57 bits per heavy atom. The molecule has 0 nitrogen and oxygen atoms in total. The lowest BCUT2D eigenvalue weighted by Crippen LogP contribution is -1.95. The lowest BCUT2D eigenvalue weighted by atomic mass is 10.1. The number of rotatable bonds is 4. The summed E-state index contributed by atoms with van der Waals surface area (Å²) in [5.41, 5.74) is 2.70. The normalized spacial score (nSPS) is 13.3. The topological polar surface area (TPSA) is 0 Å². The van der Waals surface area contributed by atoms with Crippen LogP contribution in [0.3, 0.4) is 0 Å². The summed E-state index contributed by atoms with van der Waals surface area (Å²) in [6.45, 7) is 18.8. The van der Waals surface area contributed by atoms with Crippen LogP contribution in [0.2, 0.25) is 0 Å². The lowest BCUT2D eigenvalue weighted by Gasteiger charge is -2.09. The molecule has 0 aliphatic carbocycles. The van der Waals surface area contributed by atoms with Gasteiger partial charge in [0.25, 0.3) is 0 Å². The quantitative estimate of drug-likeness (QED) is 0.574. The van der Waals surface area contributed by atoms with Gasteiger partial charge in [-0.25, -0.2) is 0 Å². The Hall–Kier alpha value is -0.170. The molecule has 0 amide bonds. The zero-order valence-corrected chi connectivity index (χ0v) is 11.7. The molecule has 14 heavy (non-hydrogen) atoms. The highest BCUT2D eigenvalue weighted by Gasteiger charge is 2.01. The maximum absolute atomic E-state index is 3.93. The van der Waals surface area contributed by atoms with Crippen molar-refractivity contribution in [2.75, 3.05) is 0 Å². The van der Waals surface area contributed by atoms with Crippen LogP contribution in [-0.2, 0) is 0 Å². The molecule has 0 saturated carbocycles. The molecule has 0 aromatic rings. The third-order valence-electron chi connectivity index (χ3n) is 2.06. The maximum atomic E-state index is 3.93. The zero-order valence-electron chi connectivity index (χ0n) is 10.8. The summed E-state index contributed by atoms with van der Waals surface area (Å²) >= 11 is 1.86. The van der Waals surface area contributed by atoms with E-state index in [1.54, 1.807) is 0 Å². The molecule has 0 fully saturated rings. The fourth-order valence-corrected chi connectivity index (χ4v) is 1.38. The van der Waals surface area contributed by atoms with Crippen LogP contribution in [0.25, 0.3) is 0 Å². The monoisotopic (exact) mass is 214 g/mol. The number of hydrogen-bond acceptors (Lipinski definition) is 1. The minimum atomic E-state index is 0.540. The molecule has 1 heteroatoms. The summed E-state index contributed by atoms with van der Waals surface area (Å²) in [6, 6.07) is 0. The molecule has 84 valence electrons. The molecule has 0 bridgehead atoms. The minimum absolute atomic E-state index is 0.540. The molecule has 0 aliphatic heterocycles. The highest BCUT2D eigenvalue weighted by Crippen LogP contribution is 2.22. The standard InChI is InChI=1S/C11H20S.C2H6/c1-8(2)10(5)7-12-11(6)9(3)4;1-2/h7-8,11H,3H2,1-2,4-6H3;1-2H3/b10-7+;. The molecule has 0 rings (SSSR count). The molecule has 1 atom stereocenters. The Balaban J connectivity index is 0. The van der Waals surface area contributed by atoms with Crippen molar-refractivity contribution in [3.8, 4) is 0 Å². The second-order valence-corrected chi connectivity index (χ2v) is 4.86. The van der Waals surface area contributed by atoms with E-state index in [1.165, 1.54) is 11.1 Å². The molecule has 0 aromatic carbocycles. The third-order valence-corrected chi connectivity index (χ3v) is 3.38. The fourth-order valence-electron chi connectivity index (χ4n) is 0.462. The predicted molar refractivity (Wildman–Crippen MR) is 71.8 cm³/mol. The third kappa shape index (κ3) is 8.43. The number of thioether (sulfide) groups is 1. The minimum Gasteiger partial charge on any atom is -0.127 e. The van der Waals surface area contributed by atoms with Crippen LogP contribution in [0, 0.1) is 5.92 Å². The van der Waals surface area contributed by atoms with Gasteiger partial charge in [-0.3, -0.25) is 0 Å². The molecule has 0 saturated heterocycles. The van der Waals surface area contributed by atoms with Crippen molar-refractivity contribution >= 4 is 11.8 Å². The first-order valence-corrected chi connectivity index (χ1v) is 6.37. The number of allylic oxidation sites excluding steroid dienone is 1. The van der Waals surface area contributed by atoms with Crippen molar-refractivity contribution < 1.29 is 0 Å². The van der Waals surface area contributed by atoms with E-state index in [0.717, 1.165) is 0 Å². The fraction of sp³-hybridized carbons (Fsp3) is 0.692. The average molecular weight is 214 g/mol. The largest absolute Gasteiger partial charge is 0.127 e. The first-order chi connectivity index (χ1) is 6.45. The van der Waals surface area contributed by atoms with Crippen LogP contribution in [0.15, 0.2) is 23.1 Å². The molecule has 0 aromatic heterocycles. The van der Waals surface area contributed by atoms with Gasteiger partial charge in [-0.05, 0) is 32.1 Å². The first-order valence-electron chi connectivity index (χ1n) is 5.42. The Labute approximate surface area is 94.9 Å². The van der Waals surface area contributed by atoms with Crippen molar-refractivity contribution in [3.05, 3.63) is 23.1 Å². The van der Waals surface area contributed by atoms with Gasteiger partial charge in [0.1, 0.15) is 0 Å². The second kappa shape index (κ2) is 9.39. The Kier molecular flexibility index (Phi) is 10.9. The Morgan fingerprint density at radius 1 is 1.14 bits per heavy atom. The molecule has 0 radical (unpaired) electrons. The van der Waals surface area contributed by atoms with E-state index < -0.39 is 0 Å². The number of hydrogen-bond donors (Lipinski definition) is 0. The highest BCUT2D eigenvalue weighted by atomic mass is 32.2. The average Bonchev–Trinajstić information content (AvgIpc) is 2.16. The maximum Gasteiger partial charge on any atom is 0.0264 e. The van der Waals surface area contributed by atoms with Crippen LogP contribution in [0.1, 0.15) is 48.5 Å². The van der Waals surface area contributed by atoms with Crippen LogP contribution < -0.4 is 0 Å². The van der Waals surface area contributed by atoms with Gasteiger partial charge in [0, 0.05) is 5.25 Å². The van der Waals surface area contributed by atoms with Gasteiger partial charge in [-0.15, -0.1) is 11.8 Å². The molecule has 1 unspecified atom stereocenters. The van der Waals surface area contributed by atoms with Gasteiger partial charge >= 0.3 is 0 Å². The lowest BCUT2D eigenvalue weighted by molar-refractivity contribution is 0.772. The van der Waals surface area contributed by atoms with Crippen LogP contribution >= 0.6 is 11.8 Å². The summed E-state index contributed by atoms with van der Waals surface area (Å²) < 4.78 is 0. The van der Waals surface area contributed by atoms with Gasteiger partial charge < -0.3 is 0 Å². The van der Waals surface area contributed by atoms with E-state index in [2.05, 4.69) is 46.6 Å². The van der Waals surface area contributed by atoms with Crippen molar-refractivity contribution in [2.45, 2.75) is 53.7 Å². The highest BCUT2D eigenvalue weighted by molar-refractivity contribution is 8.02. The van der Waals surface area contributed by atoms with Crippen LogP contribution in [0.5, 0.6) is 0 Å². The van der Waals surface area contributed by atoms with E-state index in [9.17, 15) is 0 Å². The van der Waals surface area contributed by atoms with Gasteiger partial charge in [0.2, 0.25) is 0 Å². The second-order valence-electron chi connectivity index (χ2n) is 3.64. The van der Waals surface area contributed by atoms with Crippen molar-refractivity contribution in [1.29, 1.82) is 0 Å². The van der Waals surface area contributed by atoms with E-state index in [4.69, 9.17) is 0 Å². The Bertz CT molecular complexity index is 178. The molecular weight excluding hydrogens is 188 g/mol. The van der Waals surface area contributed by atoms with E-state index in [0.29, 0.717) is 11.2 Å². The summed E-state index contributed by atoms with van der Waals surface area (Å²) in [7, 11) is 0. The Morgan fingerprint density at radius 3 is 1.86 bits per heavy atom. The van der Waals surface area contributed by atoms with Gasteiger partial charge in [-0.1, -0.05) is 45.4 Å². The SMILES string of the molecule is C=C(C)C(C)S/C=C(\C)C(C)C.CC. The van der Waals surface area contributed by atoms with Crippen molar-refractivity contribution in [2.24, 2.45) is 5.92 Å². The molecular formula is C13H26S. The van der Waals surface area contributed by atoms with Gasteiger partial charge in [0.15, 0.2) is 0 Å². The summed E-state index contributed by atoms with van der Waals surface area (Å²) in [5.74, 6) is 0.662.